The summed E-state index contributed by atoms with van der Waals surface area (Å²) < 4.78 is 10.4. The van der Waals surface area contributed by atoms with Gasteiger partial charge in [-0.3, -0.25) is 19.7 Å². The maximum absolute atomic E-state index is 11.6. The molecule has 0 unspecified atom stereocenters. The molecular weight excluding hydrogens is 330 g/mol. The van der Waals surface area contributed by atoms with Gasteiger partial charge in [0.25, 0.3) is 11.1 Å². The Morgan fingerprint density at radius 2 is 2.21 bits per heavy atom. The van der Waals surface area contributed by atoms with Crippen molar-refractivity contribution in [1.82, 2.24) is 5.32 Å². The van der Waals surface area contributed by atoms with Gasteiger partial charge >= 0.3 is 5.97 Å². The highest BCUT2D eigenvalue weighted by Gasteiger charge is 2.25. The van der Waals surface area contributed by atoms with E-state index in [0.29, 0.717) is 23.5 Å². The van der Waals surface area contributed by atoms with E-state index in [2.05, 4.69) is 5.32 Å². The van der Waals surface area contributed by atoms with Crippen LogP contribution in [0.15, 0.2) is 33.8 Å². The predicted molar refractivity (Wildman–Crippen MR) is 90.3 cm³/mol. The number of nitrogens with one attached hydrogen (secondary N) is 1. The van der Waals surface area contributed by atoms with E-state index in [1.54, 1.807) is 25.3 Å². The van der Waals surface area contributed by atoms with E-state index >= 15 is 0 Å². The topological polar surface area (TPSA) is 85.6 Å². The second-order valence-corrected chi connectivity index (χ2v) is 6.19. The zero-order valence-corrected chi connectivity index (χ0v) is 13.8. The van der Waals surface area contributed by atoms with E-state index in [9.17, 15) is 14.4 Å². The zero-order chi connectivity index (χ0) is 17.1. The van der Waals surface area contributed by atoms with Gasteiger partial charge in [-0.1, -0.05) is 6.07 Å². The van der Waals surface area contributed by atoms with E-state index in [-0.39, 0.29) is 23.5 Å². The van der Waals surface area contributed by atoms with Crippen LogP contribution in [0.25, 0.3) is 17.0 Å². The Bertz CT molecular complexity index is 852. The zero-order valence-electron chi connectivity index (χ0n) is 13.0. The molecule has 3 rings (SSSR count). The fourth-order valence-electron chi connectivity index (χ4n) is 2.43. The molecule has 1 aromatic heterocycles. The average Bonchev–Trinajstić information content (AvgIpc) is 3.08. The van der Waals surface area contributed by atoms with Crippen LogP contribution in [0.2, 0.25) is 0 Å². The normalized spacial score (nSPS) is 16.0. The Kier molecular flexibility index (Phi) is 4.71. The Morgan fingerprint density at radius 1 is 1.38 bits per heavy atom. The van der Waals surface area contributed by atoms with Crippen molar-refractivity contribution in [2.75, 3.05) is 6.61 Å². The lowest BCUT2D eigenvalue weighted by Crippen LogP contribution is -2.17. The molecule has 1 aromatic carbocycles. The molecule has 0 radical (unpaired) electrons. The lowest BCUT2D eigenvalue weighted by Gasteiger charge is -2.01. The van der Waals surface area contributed by atoms with Gasteiger partial charge in [-0.05, 0) is 54.4 Å². The van der Waals surface area contributed by atoms with Gasteiger partial charge < -0.3 is 9.15 Å². The molecule has 0 atom stereocenters. The van der Waals surface area contributed by atoms with Crippen molar-refractivity contribution in [3.05, 3.63) is 40.5 Å². The van der Waals surface area contributed by atoms with Gasteiger partial charge in [0.05, 0.1) is 17.8 Å². The van der Waals surface area contributed by atoms with Crippen LogP contribution in [0, 0.1) is 0 Å². The number of amides is 2. The molecule has 6 nitrogen and oxygen atoms in total. The molecule has 7 heteroatoms. The molecule has 2 heterocycles. The van der Waals surface area contributed by atoms with Crippen LogP contribution in [0.4, 0.5) is 4.79 Å². The molecule has 2 aromatic rings. The standard InChI is InChI=1S/C17H15NO5S/c1-2-22-15(19)6-4-11-9-23-13-5-3-10(7-12(11)13)8-14-16(20)18-17(21)24-14/h3,5,7-9H,2,4,6H2,1H3,(H,18,20,21)/b14-8+. The number of hydrogen-bond acceptors (Lipinski definition) is 6. The number of ether oxygens (including phenoxy) is 1. The molecule has 124 valence electrons. The molecule has 0 spiro atoms. The number of carbonyl (C=O) groups excluding carboxylic acids is 3. The van der Waals surface area contributed by atoms with E-state index in [1.165, 1.54) is 0 Å². The monoisotopic (exact) mass is 345 g/mol. The first-order valence-electron chi connectivity index (χ1n) is 7.47. The Hall–Kier alpha value is -2.54. The summed E-state index contributed by atoms with van der Waals surface area (Å²) >= 11 is 0.877. The van der Waals surface area contributed by atoms with Crippen LogP contribution in [0.1, 0.15) is 24.5 Å². The number of fused-ring (bicyclic) bond motifs is 1. The summed E-state index contributed by atoms with van der Waals surface area (Å²) in [6.07, 6.45) is 4.08. The highest BCUT2D eigenvalue weighted by Crippen LogP contribution is 2.28. The molecule has 0 bridgehead atoms. The first-order valence-corrected chi connectivity index (χ1v) is 8.29. The van der Waals surface area contributed by atoms with Gasteiger partial charge in [0, 0.05) is 11.8 Å². The fraction of sp³-hybridized carbons (Fsp3) is 0.235. The molecule has 2 amide bonds. The molecular formula is C17H15NO5S. The number of carbonyl (C=O) groups is 3. The van der Waals surface area contributed by atoms with Gasteiger partial charge in [0.15, 0.2) is 0 Å². The molecule has 0 saturated carbocycles. The molecule has 1 aliphatic rings. The van der Waals surface area contributed by atoms with Gasteiger partial charge in [0.1, 0.15) is 5.58 Å². The third-order valence-corrected chi connectivity index (χ3v) is 4.33. The van der Waals surface area contributed by atoms with Gasteiger partial charge in [0.2, 0.25) is 0 Å². The maximum Gasteiger partial charge on any atom is 0.306 e. The Labute approximate surface area is 142 Å². The maximum atomic E-state index is 11.6. The van der Waals surface area contributed by atoms with Crippen molar-refractivity contribution in [2.24, 2.45) is 0 Å². The van der Waals surface area contributed by atoms with Crippen molar-refractivity contribution in [3.63, 3.8) is 0 Å². The van der Waals surface area contributed by atoms with Crippen LogP contribution >= 0.6 is 11.8 Å². The highest BCUT2D eigenvalue weighted by atomic mass is 32.2. The number of furan rings is 1. The first kappa shape index (κ1) is 16.3. The Balaban J connectivity index is 1.83. The number of aryl methyl sites for hydroxylation is 1. The summed E-state index contributed by atoms with van der Waals surface area (Å²) in [5.41, 5.74) is 2.39. The van der Waals surface area contributed by atoms with Crippen LogP contribution in [0.5, 0.6) is 0 Å². The van der Waals surface area contributed by atoms with Crippen molar-refractivity contribution in [3.8, 4) is 0 Å². The summed E-state index contributed by atoms with van der Waals surface area (Å²) in [7, 11) is 0. The lowest BCUT2D eigenvalue weighted by molar-refractivity contribution is -0.143. The van der Waals surface area contributed by atoms with Crippen LogP contribution < -0.4 is 5.32 Å². The second-order valence-electron chi connectivity index (χ2n) is 5.17. The van der Waals surface area contributed by atoms with E-state index in [4.69, 9.17) is 9.15 Å². The number of rotatable bonds is 5. The number of benzene rings is 1. The largest absolute Gasteiger partial charge is 0.466 e. The summed E-state index contributed by atoms with van der Waals surface area (Å²) in [5.74, 6) is -0.637. The van der Waals surface area contributed by atoms with Crippen molar-refractivity contribution in [1.29, 1.82) is 0 Å². The number of imide groups is 1. The van der Waals surface area contributed by atoms with Gasteiger partial charge in [-0.2, -0.15) is 0 Å². The molecule has 1 N–H and O–H groups in total. The number of esters is 1. The summed E-state index contributed by atoms with van der Waals surface area (Å²) in [4.78, 5) is 34.7. The van der Waals surface area contributed by atoms with E-state index in [0.717, 1.165) is 28.3 Å². The Morgan fingerprint density at radius 3 is 2.92 bits per heavy atom. The molecule has 1 fully saturated rings. The fourth-order valence-corrected chi connectivity index (χ4v) is 3.11. The predicted octanol–water partition coefficient (Wildman–Crippen LogP) is 3.25. The first-order chi connectivity index (χ1) is 11.6. The smallest absolute Gasteiger partial charge is 0.306 e. The third-order valence-electron chi connectivity index (χ3n) is 3.52. The van der Waals surface area contributed by atoms with Gasteiger partial charge in [-0.15, -0.1) is 0 Å². The minimum absolute atomic E-state index is 0.248. The van der Waals surface area contributed by atoms with Crippen molar-refractivity contribution < 1.29 is 23.5 Å². The van der Waals surface area contributed by atoms with Crippen LogP contribution in [0.3, 0.4) is 0 Å². The quantitative estimate of drug-likeness (QED) is 0.661. The molecule has 0 aliphatic carbocycles. The summed E-state index contributed by atoms with van der Waals surface area (Å²) in [6, 6.07) is 5.49. The molecule has 1 saturated heterocycles. The second kappa shape index (κ2) is 6.92. The minimum atomic E-state index is -0.389. The third kappa shape index (κ3) is 3.51. The minimum Gasteiger partial charge on any atom is -0.466 e. The van der Waals surface area contributed by atoms with Crippen LogP contribution in [-0.4, -0.2) is 23.7 Å². The summed E-state index contributed by atoms with van der Waals surface area (Å²) in [5, 5.41) is 2.73. The van der Waals surface area contributed by atoms with Crippen LogP contribution in [-0.2, 0) is 20.7 Å². The average molecular weight is 345 g/mol. The van der Waals surface area contributed by atoms with E-state index < -0.39 is 0 Å². The van der Waals surface area contributed by atoms with Crippen molar-refractivity contribution in [2.45, 2.75) is 19.8 Å². The molecule has 1 aliphatic heterocycles. The highest BCUT2D eigenvalue weighted by molar-refractivity contribution is 8.18. The van der Waals surface area contributed by atoms with Crippen molar-refractivity contribution >= 4 is 45.9 Å². The number of thioether (sulfide) groups is 1. The summed E-state index contributed by atoms with van der Waals surface area (Å²) in [6.45, 7) is 2.13. The number of hydrogen-bond donors (Lipinski definition) is 1. The molecule has 24 heavy (non-hydrogen) atoms. The lowest BCUT2D eigenvalue weighted by atomic mass is 10.1. The van der Waals surface area contributed by atoms with Gasteiger partial charge in [-0.25, -0.2) is 0 Å². The van der Waals surface area contributed by atoms with E-state index in [1.807, 2.05) is 12.1 Å². The SMILES string of the molecule is CCOC(=O)CCc1coc2ccc(/C=C3/SC(=O)NC3=O)cc12.